The van der Waals surface area contributed by atoms with Crippen molar-refractivity contribution in [1.29, 1.82) is 5.26 Å². The zero-order valence-corrected chi connectivity index (χ0v) is 7.43. The summed E-state index contributed by atoms with van der Waals surface area (Å²) in [6, 6.07) is 7.52. The van der Waals surface area contributed by atoms with Gasteiger partial charge in [0.25, 0.3) is 0 Å². The highest BCUT2D eigenvalue weighted by atomic mass is 79.9. The Hall–Kier alpha value is -0.745. The molecule has 1 nitrogen and oxygen atoms in total. The summed E-state index contributed by atoms with van der Waals surface area (Å²) in [5.74, 6) is 0. The van der Waals surface area contributed by atoms with E-state index in [1.54, 1.807) is 6.07 Å². The fourth-order valence-electron chi connectivity index (χ4n) is 0.840. The predicted molar refractivity (Wildman–Crippen MR) is 48.3 cm³/mol. The van der Waals surface area contributed by atoms with Crippen LogP contribution in [0.2, 0.25) is 0 Å². The normalized spacial score (nSPS) is 9.09. The van der Waals surface area contributed by atoms with E-state index in [1.165, 1.54) is 0 Å². The molecule has 0 fully saturated rings. The monoisotopic (exact) mass is 205 g/mol. The molecule has 0 N–H and O–H groups in total. The van der Waals surface area contributed by atoms with Crippen LogP contribution >= 0.6 is 15.9 Å². The smallest absolute Gasteiger partial charge is 0.0994 e. The molecule has 11 heavy (non-hydrogen) atoms. The minimum absolute atomic E-state index is 0.405. The minimum atomic E-state index is 0.405. The van der Waals surface area contributed by atoms with Crippen LogP contribution < -0.4 is 0 Å². The molecule has 52 valence electrons. The Morgan fingerprint density at radius 1 is 1.55 bits per heavy atom. The van der Waals surface area contributed by atoms with Crippen molar-refractivity contribution in [2.45, 2.75) is 6.32 Å². The van der Waals surface area contributed by atoms with Crippen molar-refractivity contribution in [1.82, 2.24) is 0 Å². The van der Waals surface area contributed by atoms with Crippen molar-refractivity contribution in [2.24, 2.45) is 0 Å². The zero-order chi connectivity index (χ0) is 8.27. The molecule has 1 aromatic rings. The second-order valence-corrected chi connectivity index (χ2v) is 3.03. The summed E-state index contributed by atoms with van der Waals surface area (Å²) in [6.45, 7) is 0. The molecule has 2 radical (unpaired) electrons. The van der Waals surface area contributed by atoms with Gasteiger partial charge in [0, 0.05) is 4.47 Å². The standard InChI is InChI=1S/C8H5BBrN/c9-4-7-3-8(10)2-1-6(7)5-11/h1-3H,4H2. The molecule has 0 unspecified atom stereocenters. The van der Waals surface area contributed by atoms with Crippen LogP contribution in [0.1, 0.15) is 11.1 Å². The molecule has 3 heteroatoms. The van der Waals surface area contributed by atoms with Crippen LogP contribution in [-0.2, 0) is 6.32 Å². The molecule has 0 spiro atoms. The van der Waals surface area contributed by atoms with Gasteiger partial charge in [-0.2, -0.15) is 5.26 Å². The second kappa shape index (κ2) is 3.59. The molecule has 0 aliphatic carbocycles. The Kier molecular flexibility index (Phi) is 2.73. The van der Waals surface area contributed by atoms with Crippen LogP contribution in [0, 0.1) is 11.3 Å². The average molecular weight is 206 g/mol. The van der Waals surface area contributed by atoms with E-state index in [-0.39, 0.29) is 0 Å². The highest BCUT2D eigenvalue weighted by Gasteiger charge is 1.98. The fraction of sp³-hybridized carbons (Fsp3) is 0.125. The number of halogens is 1. The van der Waals surface area contributed by atoms with Gasteiger partial charge in [0.05, 0.1) is 19.5 Å². The lowest BCUT2D eigenvalue weighted by atomic mass is 9.93. The molecular weight excluding hydrogens is 201 g/mol. The maximum atomic E-state index is 8.62. The summed E-state index contributed by atoms with van der Waals surface area (Å²) < 4.78 is 0.956. The number of nitrogens with zero attached hydrogens (tertiary/aromatic N) is 1. The molecule has 0 heterocycles. The molecule has 0 saturated carbocycles. The molecular formula is C8H5BBrN. The Balaban J connectivity index is 3.19. The van der Waals surface area contributed by atoms with E-state index in [0.29, 0.717) is 11.9 Å². The van der Waals surface area contributed by atoms with Crippen molar-refractivity contribution in [2.75, 3.05) is 0 Å². The maximum Gasteiger partial charge on any atom is 0.0994 e. The molecule has 1 rings (SSSR count). The van der Waals surface area contributed by atoms with Gasteiger partial charge in [-0.1, -0.05) is 22.3 Å². The second-order valence-electron chi connectivity index (χ2n) is 2.12. The van der Waals surface area contributed by atoms with E-state index in [9.17, 15) is 0 Å². The van der Waals surface area contributed by atoms with Crippen molar-refractivity contribution < 1.29 is 0 Å². The third kappa shape index (κ3) is 1.84. The lowest BCUT2D eigenvalue weighted by Gasteiger charge is -1.99. The van der Waals surface area contributed by atoms with E-state index in [0.717, 1.165) is 10.0 Å². The van der Waals surface area contributed by atoms with Gasteiger partial charge >= 0.3 is 0 Å². The molecule has 0 amide bonds. The quantitative estimate of drug-likeness (QED) is 0.644. The number of hydrogen-bond donors (Lipinski definition) is 0. The Morgan fingerprint density at radius 2 is 2.27 bits per heavy atom. The van der Waals surface area contributed by atoms with Gasteiger partial charge in [0.15, 0.2) is 0 Å². The van der Waals surface area contributed by atoms with Crippen LogP contribution in [0.5, 0.6) is 0 Å². The molecule has 0 aliphatic heterocycles. The SMILES string of the molecule is [B]Cc1cc(Br)ccc1C#N. The Labute approximate surface area is 75.6 Å². The Morgan fingerprint density at radius 3 is 2.82 bits per heavy atom. The highest BCUT2D eigenvalue weighted by Crippen LogP contribution is 2.15. The van der Waals surface area contributed by atoms with Gasteiger partial charge < -0.3 is 0 Å². The molecule has 1 aromatic carbocycles. The largest absolute Gasteiger partial charge is 0.192 e. The molecule has 0 aromatic heterocycles. The summed E-state index contributed by atoms with van der Waals surface area (Å²) in [7, 11) is 5.42. The molecule has 0 bridgehead atoms. The van der Waals surface area contributed by atoms with Crippen LogP contribution in [0.25, 0.3) is 0 Å². The topological polar surface area (TPSA) is 23.8 Å². The number of rotatable bonds is 1. The fourth-order valence-corrected chi connectivity index (χ4v) is 1.25. The van der Waals surface area contributed by atoms with E-state index in [1.807, 2.05) is 12.1 Å². The number of benzene rings is 1. The van der Waals surface area contributed by atoms with Gasteiger partial charge in [-0.3, -0.25) is 0 Å². The first kappa shape index (κ1) is 8.35. The van der Waals surface area contributed by atoms with Gasteiger partial charge in [0.2, 0.25) is 0 Å². The summed E-state index contributed by atoms with van der Waals surface area (Å²) >= 11 is 3.30. The average Bonchev–Trinajstić information content (AvgIpc) is 2.04. The predicted octanol–water partition coefficient (Wildman–Crippen LogP) is 1.99. The molecule has 0 aliphatic rings. The summed E-state index contributed by atoms with van der Waals surface area (Å²) in [5.41, 5.74) is 1.53. The first-order valence-corrected chi connectivity index (χ1v) is 3.96. The van der Waals surface area contributed by atoms with Crippen molar-refractivity contribution in [3.05, 3.63) is 33.8 Å². The van der Waals surface area contributed by atoms with E-state index in [4.69, 9.17) is 13.1 Å². The van der Waals surface area contributed by atoms with E-state index in [2.05, 4.69) is 22.0 Å². The Bertz CT molecular complexity index is 303. The van der Waals surface area contributed by atoms with E-state index >= 15 is 0 Å². The van der Waals surface area contributed by atoms with Gasteiger partial charge in [-0.05, 0) is 23.8 Å². The molecule has 0 atom stereocenters. The van der Waals surface area contributed by atoms with Crippen molar-refractivity contribution >= 4 is 23.8 Å². The van der Waals surface area contributed by atoms with Gasteiger partial charge in [0.1, 0.15) is 0 Å². The number of nitriles is 1. The summed E-state index contributed by atoms with van der Waals surface area (Å²) in [6.07, 6.45) is 0.405. The van der Waals surface area contributed by atoms with Crippen LogP contribution in [0.3, 0.4) is 0 Å². The van der Waals surface area contributed by atoms with Crippen molar-refractivity contribution in [3.63, 3.8) is 0 Å². The minimum Gasteiger partial charge on any atom is -0.192 e. The lowest BCUT2D eigenvalue weighted by molar-refractivity contribution is 1.34. The first-order chi connectivity index (χ1) is 5.27. The van der Waals surface area contributed by atoms with Crippen molar-refractivity contribution in [3.8, 4) is 6.07 Å². The van der Waals surface area contributed by atoms with Gasteiger partial charge in [-0.15, -0.1) is 0 Å². The first-order valence-electron chi connectivity index (χ1n) is 3.16. The summed E-state index contributed by atoms with van der Waals surface area (Å²) in [4.78, 5) is 0. The van der Waals surface area contributed by atoms with E-state index < -0.39 is 0 Å². The summed E-state index contributed by atoms with van der Waals surface area (Å²) in [5, 5.41) is 8.62. The van der Waals surface area contributed by atoms with Crippen LogP contribution in [0.4, 0.5) is 0 Å². The van der Waals surface area contributed by atoms with Gasteiger partial charge in [-0.25, -0.2) is 0 Å². The maximum absolute atomic E-state index is 8.62. The third-order valence-electron chi connectivity index (χ3n) is 1.41. The lowest BCUT2D eigenvalue weighted by Crippen LogP contribution is -1.88. The highest BCUT2D eigenvalue weighted by molar-refractivity contribution is 9.10. The number of hydrogen-bond acceptors (Lipinski definition) is 1. The van der Waals surface area contributed by atoms with Crippen LogP contribution in [0.15, 0.2) is 22.7 Å². The third-order valence-corrected chi connectivity index (χ3v) is 1.90. The van der Waals surface area contributed by atoms with Crippen LogP contribution in [-0.4, -0.2) is 7.85 Å². The molecule has 0 saturated heterocycles. The zero-order valence-electron chi connectivity index (χ0n) is 5.84.